The van der Waals surface area contributed by atoms with Gasteiger partial charge in [-0.25, -0.2) is 4.39 Å². The maximum atomic E-state index is 13.9. The molecule has 3 rings (SSSR count). The number of para-hydroxylation sites is 1. The fraction of sp³-hybridized carbons (Fsp3) is 0.400. The Morgan fingerprint density at radius 1 is 1.36 bits per heavy atom. The summed E-state index contributed by atoms with van der Waals surface area (Å²) in [5.41, 5.74) is 0.350. The van der Waals surface area contributed by atoms with E-state index in [1.807, 2.05) is 18.5 Å². The van der Waals surface area contributed by atoms with Crippen molar-refractivity contribution in [1.82, 2.24) is 14.8 Å². The van der Waals surface area contributed by atoms with E-state index in [0.29, 0.717) is 18.7 Å². The molecule has 1 aliphatic rings. The van der Waals surface area contributed by atoms with E-state index in [0.717, 1.165) is 17.4 Å². The number of rotatable bonds is 4. The molecule has 0 N–H and O–H groups in total. The van der Waals surface area contributed by atoms with Gasteiger partial charge in [-0.2, -0.15) is 0 Å². The van der Waals surface area contributed by atoms with Crippen molar-refractivity contribution in [3.05, 3.63) is 35.9 Å². The topological polar surface area (TPSA) is 51.0 Å². The van der Waals surface area contributed by atoms with Gasteiger partial charge in [-0.05, 0) is 18.6 Å². The fourth-order valence-corrected chi connectivity index (χ4v) is 3.61. The van der Waals surface area contributed by atoms with E-state index in [1.54, 1.807) is 18.2 Å². The van der Waals surface area contributed by atoms with Gasteiger partial charge in [-0.15, -0.1) is 10.2 Å². The maximum absolute atomic E-state index is 13.9. The summed E-state index contributed by atoms with van der Waals surface area (Å²) < 4.78 is 15.8. The minimum atomic E-state index is -0.367. The molecule has 1 aromatic heterocycles. The second-order valence-corrected chi connectivity index (χ2v) is 6.32. The third kappa shape index (κ3) is 2.61. The van der Waals surface area contributed by atoms with Gasteiger partial charge in [0.15, 0.2) is 5.16 Å². The molecule has 7 heteroatoms. The highest BCUT2D eigenvalue weighted by Crippen LogP contribution is 2.33. The van der Waals surface area contributed by atoms with Crippen LogP contribution in [0.25, 0.3) is 0 Å². The Balaban J connectivity index is 1.76. The molecule has 0 saturated carbocycles. The molecule has 2 heterocycles. The number of hydrogen-bond acceptors (Lipinski definition) is 4. The van der Waals surface area contributed by atoms with Crippen LogP contribution in [0.1, 0.15) is 19.2 Å². The summed E-state index contributed by atoms with van der Waals surface area (Å²) in [6.45, 7) is 2.54. The van der Waals surface area contributed by atoms with E-state index in [-0.39, 0.29) is 17.0 Å². The van der Waals surface area contributed by atoms with Gasteiger partial charge in [-0.1, -0.05) is 30.8 Å². The normalized spacial score (nSPS) is 18.2. The van der Waals surface area contributed by atoms with Crippen LogP contribution in [-0.2, 0) is 18.3 Å². The first-order valence-corrected chi connectivity index (χ1v) is 8.10. The number of aryl methyl sites for hydroxylation is 1. The molecule has 1 aliphatic heterocycles. The number of nitrogens with zero attached hydrogens (tertiary/aromatic N) is 4. The van der Waals surface area contributed by atoms with Crippen molar-refractivity contribution in [3.63, 3.8) is 0 Å². The van der Waals surface area contributed by atoms with Crippen molar-refractivity contribution >= 4 is 23.4 Å². The van der Waals surface area contributed by atoms with Gasteiger partial charge in [0, 0.05) is 20.0 Å². The number of amides is 1. The molecule has 22 heavy (non-hydrogen) atoms. The quantitative estimate of drug-likeness (QED) is 0.868. The van der Waals surface area contributed by atoms with E-state index in [4.69, 9.17) is 0 Å². The summed E-state index contributed by atoms with van der Waals surface area (Å²) in [7, 11) is 1.90. The number of carbonyl (C=O) groups excluding carboxylic acids is 1. The highest BCUT2D eigenvalue weighted by molar-refractivity contribution is 8.00. The maximum Gasteiger partial charge on any atom is 0.240 e. The molecule has 0 unspecified atom stereocenters. The minimum absolute atomic E-state index is 0.0730. The van der Waals surface area contributed by atoms with Crippen molar-refractivity contribution in [2.45, 2.75) is 30.2 Å². The molecule has 0 radical (unpaired) electrons. The third-order valence-electron chi connectivity index (χ3n) is 3.79. The van der Waals surface area contributed by atoms with Crippen LogP contribution in [0.2, 0.25) is 0 Å². The lowest BCUT2D eigenvalue weighted by molar-refractivity contribution is -0.116. The molecule has 0 aliphatic carbocycles. The Morgan fingerprint density at radius 3 is 2.82 bits per heavy atom. The largest absolute Gasteiger partial charge is 0.309 e. The van der Waals surface area contributed by atoms with Crippen molar-refractivity contribution < 1.29 is 9.18 Å². The van der Waals surface area contributed by atoms with Crippen LogP contribution >= 0.6 is 11.8 Å². The highest BCUT2D eigenvalue weighted by Gasteiger charge is 2.35. The monoisotopic (exact) mass is 320 g/mol. The van der Waals surface area contributed by atoms with Gasteiger partial charge >= 0.3 is 0 Å². The van der Waals surface area contributed by atoms with Gasteiger partial charge in [0.2, 0.25) is 5.91 Å². The number of carbonyl (C=O) groups is 1. The summed E-state index contributed by atoms with van der Waals surface area (Å²) in [6, 6.07) is 6.37. The van der Waals surface area contributed by atoms with E-state index < -0.39 is 0 Å². The van der Waals surface area contributed by atoms with Crippen LogP contribution in [0.15, 0.2) is 29.4 Å². The van der Waals surface area contributed by atoms with Gasteiger partial charge in [0.25, 0.3) is 0 Å². The first kappa shape index (κ1) is 15.0. The van der Waals surface area contributed by atoms with Crippen molar-refractivity contribution in [2.75, 3.05) is 11.4 Å². The van der Waals surface area contributed by atoms with E-state index in [2.05, 4.69) is 10.2 Å². The molecule has 1 saturated heterocycles. The Morgan fingerprint density at radius 2 is 2.14 bits per heavy atom. The Labute approximate surface area is 132 Å². The zero-order valence-electron chi connectivity index (χ0n) is 12.5. The smallest absolute Gasteiger partial charge is 0.240 e. The highest BCUT2D eigenvalue weighted by atomic mass is 32.2. The Hall–Kier alpha value is -1.89. The number of halogens is 1. The predicted molar refractivity (Wildman–Crippen MR) is 83.4 cm³/mol. The van der Waals surface area contributed by atoms with Crippen LogP contribution in [-0.4, -0.2) is 32.5 Å². The van der Waals surface area contributed by atoms with Crippen LogP contribution < -0.4 is 4.90 Å². The van der Waals surface area contributed by atoms with Crippen LogP contribution in [0.3, 0.4) is 0 Å². The van der Waals surface area contributed by atoms with Gasteiger partial charge < -0.3 is 9.47 Å². The van der Waals surface area contributed by atoms with E-state index in [1.165, 1.54) is 22.7 Å². The summed E-state index contributed by atoms with van der Waals surface area (Å²) in [5.74, 6) is 0.448. The molecule has 116 valence electrons. The lowest BCUT2D eigenvalue weighted by Gasteiger charge is -2.17. The fourth-order valence-electron chi connectivity index (χ4n) is 2.56. The standard InChI is InChI=1S/C15H17FN4OS/c1-3-13-17-18-15(19(13)2)22-12-8-9-20(14(12)21)11-7-5-4-6-10(11)16/h4-7,12H,3,8-9H2,1-2H3/t12-/m0/s1. The SMILES string of the molecule is CCc1nnc(S[C@H]2CCN(c3ccccc3F)C2=O)n1C. The zero-order valence-corrected chi connectivity index (χ0v) is 13.3. The molecule has 1 amide bonds. The van der Waals surface area contributed by atoms with Gasteiger partial charge in [0.1, 0.15) is 11.6 Å². The molecule has 1 aromatic carbocycles. The second kappa shape index (κ2) is 6.08. The molecule has 0 bridgehead atoms. The van der Waals surface area contributed by atoms with Crippen molar-refractivity contribution in [2.24, 2.45) is 7.05 Å². The lowest BCUT2D eigenvalue weighted by Crippen LogP contribution is -2.28. The average Bonchev–Trinajstić information content (AvgIpc) is 3.05. The number of aromatic nitrogens is 3. The summed E-state index contributed by atoms with van der Waals surface area (Å²) in [4.78, 5) is 14.0. The Kier molecular flexibility index (Phi) is 4.15. The Bertz CT molecular complexity index is 703. The van der Waals surface area contributed by atoms with Crippen LogP contribution in [0.4, 0.5) is 10.1 Å². The third-order valence-corrected chi connectivity index (χ3v) is 5.08. The first-order valence-electron chi connectivity index (χ1n) is 7.22. The van der Waals surface area contributed by atoms with Crippen molar-refractivity contribution in [1.29, 1.82) is 0 Å². The number of benzene rings is 1. The number of anilines is 1. The summed E-state index contributed by atoms with van der Waals surface area (Å²) in [5, 5.41) is 8.71. The minimum Gasteiger partial charge on any atom is -0.309 e. The molecular formula is C15H17FN4OS. The predicted octanol–water partition coefficient (Wildman–Crippen LogP) is 2.41. The zero-order chi connectivity index (χ0) is 15.7. The summed E-state index contributed by atoms with van der Waals surface area (Å²) >= 11 is 1.40. The van der Waals surface area contributed by atoms with Crippen molar-refractivity contribution in [3.8, 4) is 0 Å². The van der Waals surface area contributed by atoms with Crippen LogP contribution in [0, 0.1) is 5.82 Å². The second-order valence-electron chi connectivity index (χ2n) is 5.15. The van der Waals surface area contributed by atoms with E-state index >= 15 is 0 Å². The molecule has 0 spiro atoms. The van der Waals surface area contributed by atoms with Gasteiger partial charge in [0.05, 0.1) is 10.9 Å². The molecule has 2 aromatic rings. The van der Waals surface area contributed by atoms with Crippen LogP contribution in [0.5, 0.6) is 0 Å². The van der Waals surface area contributed by atoms with E-state index in [9.17, 15) is 9.18 Å². The molecule has 1 fully saturated rings. The number of thioether (sulfide) groups is 1. The molecular weight excluding hydrogens is 303 g/mol. The number of hydrogen-bond donors (Lipinski definition) is 0. The lowest BCUT2D eigenvalue weighted by atomic mass is 10.3. The first-order chi connectivity index (χ1) is 10.6. The average molecular weight is 320 g/mol. The molecule has 5 nitrogen and oxygen atoms in total. The molecule has 1 atom stereocenters. The summed E-state index contributed by atoms with van der Waals surface area (Å²) in [6.07, 6.45) is 1.47. The van der Waals surface area contributed by atoms with Gasteiger partial charge in [-0.3, -0.25) is 4.79 Å².